The third-order valence-corrected chi connectivity index (χ3v) is 2.82. The van der Waals surface area contributed by atoms with E-state index < -0.39 is 6.61 Å². The van der Waals surface area contributed by atoms with Crippen LogP contribution in [-0.4, -0.2) is 16.6 Å². The number of halogens is 2. The van der Waals surface area contributed by atoms with Crippen molar-refractivity contribution >= 4 is 17.3 Å². The quantitative estimate of drug-likeness (QED) is 0.854. The number of nitrogens with two attached hydrogens (primary N) is 1. The number of hydrogen-bond donors (Lipinski definition) is 2. The molecule has 0 unspecified atom stereocenters. The largest absolute Gasteiger partial charge is 0.435 e. The fourth-order valence-electron chi connectivity index (χ4n) is 1.89. The van der Waals surface area contributed by atoms with E-state index in [-0.39, 0.29) is 5.75 Å². The van der Waals surface area contributed by atoms with E-state index >= 15 is 0 Å². The van der Waals surface area contributed by atoms with Crippen LogP contribution < -0.4 is 15.8 Å². The van der Waals surface area contributed by atoms with Crippen LogP contribution >= 0.6 is 0 Å². The molecule has 0 saturated heterocycles. The molecule has 112 valence electrons. The second-order valence-corrected chi connectivity index (χ2v) is 4.36. The van der Waals surface area contributed by atoms with Crippen LogP contribution in [0.15, 0.2) is 30.6 Å². The molecule has 21 heavy (non-hydrogen) atoms. The number of nitrogen functional groups attached to an aromatic ring is 1. The number of hydrogen-bond acceptors (Lipinski definition) is 5. The maximum atomic E-state index is 12.1. The van der Waals surface area contributed by atoms with Gasteiger partial charge in [-0.15, -0.1) is 0 Å². The number of nitrogens with one attached hydrogen (secondary N) is 1. The van der Waals surface area contributed by atoms with Gasteiger partial charge in [-0.1, -0.05) is 13.3 Å². The Morgan fingerprint density at radius 2 is 1.95 bits per heavy atom. The molecule has 0 aliphatic rings. The van der Waals surface area contributed by atoms with Gasteiger partial charge in [-0.2, -0.15) is 8.78 Å². The van der Waals surface area contributed by atoms with E-state index in [0.29, 0.717) is 17.3 Å². The second-order valence-electron chi connectivity index (χ2n) is 4.36. The number of nitrogens with zero attached hydrogens (tertiary/aromatic N) is 2. The summed E-state index contributed by atoms with van der Waals surface area (Å²) in [6.45, 7) is -0.797. The summed E-state index contributed by atoms with van der Waals surface area (Å²) in [6, 6.07) is 6.18. The van der Waals surface area contributed by atoms with E-state index in [0.717, 1.165) is 18.4 Å². The summed E-state index contributed by atoms with van der Waals surface area (Å²) < 4.78 is 28.5. The van der Waals surface area contributed by atoms with Crippen LogP contribution in [0.3, 0.4) is 0 Å². The summed E-state index contributed by atoms with van der Waals surface area (Å²) >= 11 is 0. The van der Waals surface area contributed by atoms with Crippen molar-refractivity contribution in [2.45, 2.75) is 26.4 Å². The van der Waals surface area contributed by atoms with Crippen molar-refractivity contribution in [1.82, 2.24) is 9.97 Å². The molecule has 0 atom stereocenters. The predicted molar refractivity (Wildman–Crippen MR) is 76.8 cm³/mol. The zero-order valence-electron chi connectivity index (χ0n) is 11.5. The molecule has 1 heterocycles. The second kappa shape index (κ2) is 6.83. The van der Waals surface area contributed by atoms with Gasteiger partial charge < -0.3 is 15.8 Å². The highest BCUT2D eigenvalue weighted by Gasteiger charge is 2.09. The molecule has 1 aromatic heterocycles. The molecule has 2 aromatic rings. The highest BCUT2D eigenvalue weighted by molar-refractivity contribution is 5.64. The molecule has 5 nitrogen and oxygen atoms in total. The summed E-state index contributed by atoms with van der Waals surface area (Å²) in [7, 11) is 0. The molecule has 0 amide bonds. The maximum Gasteiger partial charge on any atom is 0.387 e. The van der Waals surface area contributed by atoms with Crippen molar-refractivity contribution in [2.75, 3.05) is 11.1 Å². The third kappa shape index (κ3) is 4.01. The first-order chi connectivity index (χ1) is 10.1. The first kappa shape index (κ1) is 15.0. The Bertz CT molecular complexity index is 590. The van der Waals surface area contributed by atoms with Crippen molar-refractivity contribution < 1.29 is 13.5 Å². The lowest BCUT2D eigenvalue weighted by atomic mass is 10.1. The fraction of sp³-hybridized carbons (Fsp3) is 0.286. The molecular weight excluding hydrogens is 278 g/mol. The summed E-state index contributed by atoms with van der Waals surface area (Å²) in [5, 5.41) is 3.10. The van der Waals surface area contributed by atoms with E-state index in [1.807, 2.05) is 6.92 Å². The Balaban J connectivity index is 2.16. The minimum atomic E-state index is -2.83. The van der Waals surface area contributed by atoms with Crippen LogP contribution in [0.4, 0.5) is 26.1 Å². The average Bonchev–Trinajstić information content (AvgIpc) is 2.44. The normalized spacial score (nSPS) is 10.7. The van der Waals surface area contributed by atoms with E-state index in [1.54, 1.807) is 12.1 Å². The van der Waals surface area contributed by atoms with Crippen molar-refractivity contribution in [3.63, 3.8) is 0 Å². The summed E-state index contributed by atoms with van der Waals surface area (Å²) in [5.41, 5.74) is 7.39. The summed E-state index contributed by atoms with van der Waals surface area (Å²) in [5.74, 6) is 1.16. The van der Waals surface area contributed by atoms with Gasteiger partial charge in [0.05, 0.1) is 0 Å². The van der Waals surface area contributed by atoms with Gasteiger partial charge in [0.25, 0.3) is 0 Å². The Hall–Kier alpha value is -2.44. The first-order valence-electron chi connectivity index (χ1n) is 6.51. The average molecular weight is 294 g/mol. The van der Waals surface area contributed by atoms with E-state index in [9.17, 15) is 8.78 Å². The lowest BCUT2D eigenvalue weighted by Crippen LogP contribution is -2.05. The minimum Gasteiger partial charge on any atom is -0.435 e. The molecule has 0 saturated carbocycles. The smallest absolute Gasteiger partial charge is 0.387 e. The van der Waals surface area contributed by atoms with Crippen LogP contribution in [0.25, 0.3) is 0 Å². The third-order valence-electron chi connectivity index (χ3n) is 2.82. The number of rotatable bonds is 6. The highest BCUT2D eigenvalue weighted by Crippen LogP contribution is 2.24. The summed E-state index contributed by atoms with van der Waals surface area (Å²) in [4.78, 5) is 8.14. The Morgan fingerprint density at radius 1 is 1.24 bits per heavy atom. The number of aromatic nitrogens is 2. The van der Waals surface area contributed by atoms with Gasteiger partial charge in [0, 0.05) is 11.3 Å². The molecule has 3 N–H and O–H groups in total. The molecule has 0 radical (unpaired) electrons. The fourth-order valence-corrected chi connectivity index (χ4v) is 1.89. The SMILES string of the molecule is CCCc1c(N)ncnc1Nc1ccc(OC(F)F)cc1. The molecule has 0 spiro atoms. The molecule has 0 bridgehead atoms. The number of alkyl halides is 2. The summed E-state index contributed by atoms with van der Waals surface area (Å²) in [6.07, 6.45) is 3.04. The van der Waals surface area contributed by atoms with Crippen molar-refractivity contribution in [1.29, 1.82) is 0 Å². The Morgan fingerprint density at radius 3 is 2.57 bits per heavy atom. The van der Waals surface area contributed by atoms with E-state index in [4.69, 9.17) is 5.73 Å². The Labute approximate surface area is 121 Å². The molecule has 0 fully saturated rings. The van der Waals surface area contributed by atoms with Crippen LogP contribution in [0.5, 0.6) is 5.75 Å². The zero-order valence-corrected chi connectivity index (χ0v) is 11.5. The van der Waals surface area contributed by atoms with Crippen molar-refractivity contribution in [2.24, 2.45) is 0 Å². The maximum absolute atomic E-state index is 12.1. The molecule has 2 rings (SSSR count). The lowest BCUT2D eigenvalue weighted by molar-refractivity contribution is -0.0498. The molecule has 0 aliphatic heterocycles. The van der Waals surface area contributed by atoms with Gasteiger partial charge in [0.15, 0.2) is 0 Å². The van der Waals surface area contributed by atoms with Gasteiger partial charge in [-0.3, -0.25) is 0 Å². The van der Waals surface area contributed by atoms with Gasteiger partial charge in [-0.25, -0.2) is 9.97 Å². The highest BCUT2D eigenvalue weighted by atomic mass is 19.3. The Kier molecular flexibility index (Phi) is 4.86. The van der Waals surface area contributed by atoms with Gasteiger partial charge in [0.2, 0.25) is 0 Å². The van der Waals surface area contributed by atoms with Gasteiger partial charge >= 0.3 is 6.61 Å². The van der Waals surface area contributed by atoms with Crippen LogP contribution in [0.2, 0.25) is 0 Å². The first-order valence-corrected chi connectivity index (χ1v) is 6.51. The van der Waals surface area contributed by atoms with Crippen molar-refractivity contribution in [3.05, 3.63) is 36.2 Å². The van der Waals surface area contributed by atoms with Gasteiger partial charge in [-0.05, 0) is 30.7 Å². The van der Waals surface area contributed by atoms with Crippen LogP contribution in [0, 0.1) is 0 Å². The van der Waals surface area contributed by atoms with E-state index in [1.165, 1.54) is 18.5 Å². The van der Waals surface area contributed by atoms with Crippen molar-refractivity contribution in [3.8, 4) is 5.75 Å². The number of ether oxygens (including phenoxy) is 1. The molecule has 0 aliphatic carbocycles. The standard InChI is InChI=1S/C14H16F2N4O/c1-2-3-11-12(17)18-8-19-13(11)20-9-4-6-10(7-5-9)21-14(15)16/h4-8,14H,2-3H2,1H3,(H3,17,18,19,20). The molecular formula is C14H16F2N4O. The van der Waals surface area contributed by atoms with Crippen LogP contribution in [0.1, 0.15) is 18.9 Å². The zero-order chi connectivity index (χ0) is 15.2. The van der Waals surface area contributed by atoms with Crippen LogP contribution in [-0.2, 0) is 6.42 Å². The predicted octanol–water partition coefficient (Wildman–Crippen LogP) is 3.36. The topological polar surface area (TPSA) is 73.1 Å². The minimum absolute atomic E-state index is 0.103. The monoisotopic (exact) mass is 294 g/mol. The van der Waals surface area contributed by atoms with Gasteiger partial charge in [0.1, 0.15) is 23.7 Å². The lowest BCUT2D eigenvalue weighted by Gasteiger charge is -2.12. The molecule has 7 heteroatoms. The number of anilines is 3. The molecule has 1 aromatic carbocycles. The number of benzene rings is 1. The van der Waals surface area contributed by atoms with E-state index in [2.05, 4.69) is 20.0 Å².